The van der Waals surface area contributed by atoms with Crippen LogP contribution in [0.15, 0.2) is 23.1 Å². The van der Waals surface area contributed by atoms with Crippen LogP contribution in [0.3, 0.4) is 0 Å². The zero-order valence-corrected chi connectivity index (χ0v) is 9.46. The summed E-state index contributed by atoms with van der Waals surface area (Å²) in [5, 5.41) is 8.95. The van der Waals surface area contributed by atoms with Crippen molar-refractivity contribution in [1.29, 1.82) is 0 Å². The van der Waals surface area contributed by atoms with E-state index in [-0.39, 0.29) is 11.4 Å². The SMILES string of the molecule is C[C@H](O)CNS(=O)(=O)c1cccc(F)c1N. The topological polar surface area (TPSA) is 92.4 Å². The Hall–Kier alpha value is -1.18. The number of hydrogen-bond acceptors (Lipinski definition) is 4. The highest BCUT2D eigenvalue weighted by Crippen LogP contribution is 2.20. The summed E-state index contributed by atoms with van der Waals surface area (Å²) < 4.78 is 38.4. The van der Waals surface area contributed by atoms with E-state index in [9.17, 15) is 12.8 Å². The molecule has 5 nitrogen and oxygen atoms in total. The molecule has 0 heterocycles. The van der Waals surface area contributed by atoms with E-state index in [2.05, 4.69) is 4.72 Å². The molecular weight excluding hydrogens is 235 g/mol. The lowest BCUT2D eigenvalue weighted by Crippen LogP contribution is -2.31. The van der Waals surface area contributed by atoms with Crippen molar-refractivity contribution in [1.82, 2.24) is 4.72 Å². The van der Waals surface area contributed by atoms with Gasteiger partial charge in [0.1, 0.15) is 10.7 Å². The number of rotatable bonds is 4. The van der Waals surface area contributed by atoms with Gasteiger partial charge in [-0.05, 0) is 19.1 Å². The van der Waals surface area contributed by atoms with Crippen molar-refractivity contribution in [3.63, 3.8) is 0 Å². The molecule has 0 unspecified atom stereocenters. The Morgan fingerprint density at radius 1 is 1.56 bits per heavy atom. The van der Waals surface area contributed by atoms with Crippen LogP contribution >= 0.6 is 0 Å². The number of para-hydroxylation sites is 1. The summed E-state index contributed by atoms with van der Waals surface area (Å²) in [6.07, 6.45) is -0.829. The number of nitrogens with one attached hydrogen (secondary N) is 1. The number of nitrogens with two attached hydrogens (primary N) is 1. The lowest BCUT2D eigenvalue weighted by atomic mass is 10.3. The fourth-order valence-electron chi connectivity index (χ4n) is 1.06. The molecule has 1 atom stereocenters. The van der Waals surface area contributed by atoms with E-state index in [4.69, 9.17) is 10.8 Å². The van der Waals surface area contributed by atoms with Gasteiger partial charge < -0.3 is 10.8 Å². The van der Waals surface area contributed by atoms with Gasteiger partial charge in [0.05, 0.1) is 11.8 Å². The quantitative estimate of drug-likeness (QED) is 0.657. The van der Waals surface area contributed by atoms with Gasteiger partial charge in [0.25, 0.3) is 0 Å². The maximum absolute atomic E-state index is 13.0. The highest BCUT2D eigenvalue weighted by molar-refractivity contribution is 7.89. The first kappa shape index (κ1) is 12.9. The number of benzene rings is 1. The van der Waals surface area contributed by atoms with Gasteiger partial charge in [-0.25, -0.2) is 17.5 Å². The summed E-state index contributed by atoms with van der Waals surface area (Å²) >= 11 is 0. The summed E-state index contributed by atoms with van der Waals surface area (Å²) in [5.41, 5.74) is 4.89. The molecule has 16 heavy (non-hydrogen) atoms. The van der Waals surface area contributed by atoms with Gasteiger partial charge in [0, 0.05) is 6.54 Å². The monoisotopic (exact) mass is 248 g/mol. The van der Waals surface area contributed by atoms with Gasteiger partial charge in [-0.1, -0.05) is 6.07 Å². The van der Waals surface area contributed by atoms with Crippen LogP contribution in [0, 0.1) is 5.82 Å². The van der Waals surface area contributed by atoms with Gasteiger partial charge in [0.15, 0.2) is 0 Å². The number of aliphatic hydroxyl groups excluding tert-OH is 1. The molecule has 0 saturated heterocycles. The third kappa shape index (κ3) is 2.91. The number of nitrogen functional groups attached to an aromatic ring is 1. The predicted octanol–water partition coefficient (Wildman–Crippen LogP) is 0.0670. The first-order valence-electron chi connectivity index (χ1n) is 4.56. The van der Waals surface area contributed by atoms with E-state index in [1.807, 2.05) is 0 Å². The summed E-state index contributed by atoms with van der Waals surface area (Å²) in [4.78, 5) is -0.326. The molecular formula is C9H13FN2O3S. The van der Waals surface area contributed by atoms with Crippen LogP contribution in [0.1, 0.15) is 6.92 Å². The second-order valence-electron chi connectivity index (χ2n) is 3.35. The number of aliphatic hydroxyl groups is 1. The zero-order valence-electron chi connectivity index (χ0n) is 8.64. The molecule has 1 rings (SSSR count). The highest BCUT2D eigenvalue weighted by atomic mass is 32.2. The highest BCUT2D eigenvalue weighted by Gasteiger charge is 2.19. The maximum Gasteiger partial charge on any atom is 0.242 e. The molecule has 1 aromatic rings. The van der Waals surface area contributed by atoms with Gasteiger partial charge in [-0.15, -0.1) is 0 Å². The van der Waals surface area contributed by atoms with Crippen LogP contribution in [0.4, 0.5) is 10.1 Å². The number of hydrogen-bond donors (Lipinski definition) is 3. The van der Waals surface area contributed by atoms with Crippen molar-refractivity contribution < 1.29 is 17.9 Å². The third-order valence-corrected chi connectivity index (χ3v) is 3.35. The second-order valence-corrected chi connectivity index (χ2v) is 5.09. The Labute approximate surface area is 93.1 Å². The normalized spacial score (nSPS) is 13.7. The van der Waals surface area contributed by atoms with E-state index >= 15 is 0 Å². The van der Waals surface area contributed by atoms with Crippen molar-refractivity contribution in [3.8, 4) is 0 Å². The van der Waals surface area contributed by atoms with Crippen molar-refractivity contribution in [2.75, 3.05) is 12.3 Å². The number of anilines is 1. The van der Waals surface area contributed by atoms with Gasteiger partial charge in [-0.3, -0.25) is 0 Å². The standard InChI is InChI=1S/C9H13FN2O3S/c1-6(13)5-12-16(14,15)8-4-2-3-7(10)9(8)11/h2-4,6,12-13H,5,11H2,1H3/t6-/m0/s1. The number of halogens is 1. The van der Waals surface area contributed by atoms with Crippen LogP contribution in [0.5, 0.6) is 0 Å². The van der Waals surface area contributed by atoms with E-state index in [0.29, 0.717) is 0 Å². The summed E-state index contributed by atoms with van der Waals surface area (Å²) in [5.74, 6) is -0.792. The van der Waals surface area contributed by atoms with Crippen molar-refractivity contribution in [2.24, 2.45) is 0 Å². The summed E-state index contributed by atoms with van der Waals surface area (Å²) in [6.45, 7) is 1.27. The van der Waals surface area contributed by atoms with E-state index in [1.165, 1.54) is 19.1 Å². The molecule has 90 valence electrons. The molecule has 0 aliphatic heterocycles. The minimum Gasteiger partial charge on any atom is -0.395 e. The van der Waals surface area contributed by atoms with Crippen LogP contribution in [0.25, 0.3) is 0 Å². The van der Waals surface area contributed by atoms with Crippen molar-refractivity contribution in [2.45, 2.75) is 17.9 Å². The second kappa shape index (κ2) is 4.77. The van der Waals surface area contributed by atoms with Crippen LogP contribution < -0.4 is 10.5 Å². The molecule has 0 saturated carbocycles. The van der Waals surface area contributed by atoms with Gasteiger partial charge in [-0.2, -0.15) is 0 Å². The van der Waals surface area contributed by atoms with Crippen LogP contribution in [-0.2, 0) is 10.0 Å². The Balaban J connectivity index is 3.03. The molecule has 0 bridgehead atoms. The maximum atomic E-state index is 13.0. The van der Waals surface area contributed by atoms with Crippen molar-refractivity contribution in [3.05, 3.63) is 24.0 Å². The molecule has 1 aromatic carbocycles. The first-order chi connectivity index (χ1) is 7.34. The molecule has 0 fully saturated rings. The third-order valence-electron chi connectivity index (χ3n) is 1.87. The predicted molar refractivity (Wildman–Crippen MR) is 57.7 cm³/mol. The van der Waals surface area contributed by atoms with E-state index < -0.39 is 27.6 Å². The Morgan fingerprint density at radius 2 is 2.19 bits per heavy atom. The minimum absolute atomic E-state index is 0.154. The largest absolute Gasteiger partial charge is 0.395 e. The average Bonchev–Trinajstić information content (AvgIpc) is 2.19. The van der Waals surface area contributed by atoms with Crippen LogP contribution in [0.2, 0.25) is 0 Å². The molecule has 0 aliphatic carbocycles. The molecule has 4 N–H and O–H groups in total. The molecule has 0 aromatic heterocycles. The van der Waals surface area contributed by atoms with Gasteiger partial charge in [0.2, 0.25) is 10.0 Å². The lowest BCUT2D eigenvalue weighted by Gasteiger charge is -2.10. The number of sulfonamides is 1. The molecule has 0 aliphatic rings. The van der Waals surface area contributed by atoms with Crippen LogP contribution in [-0.4, -0.2) is 26.2 Å². The Kier molecular flexibility index (Phi) is 3.84. The summed E-state index contributed by atoms with van der Waals surface area (Å²) in [6, 6.07) is 3.52. The molecule has 0 amide bonds. The molecule has 0 spiro atoms. The molecule has 0 radical (unpaired) electrons. The summed E-state index contributed by atoms with van der Waals surface area (Å²) in [7, 11) is -3.88. The Morgan fingerprint density at radius 3 is 2.75 bits per heavy atom. The van der Waals surface area contributed by atoms with E-state index in [1.54, 1.807) is 0 Å². The first-order valence-corrected chi connectivity index (χ1v) is 6.04. The fraction of sp³-hybridized carbons (Fsp3) is 0.333. The smallest absolute Gasteiger partial charge is 0.242 e. The fourth-order valence-corrected chi connectivity index (χ4v) is 2.32. The zero-order chi connectivity index (χ0) is 12.3. The average molecular weight is 248 g/mol. The van der Waals surface area contributed by atoms with E-state index in [0.717, 1.165) is 6.07 Å². The van der Waals surface area contributed by atoms with Crippen molar-refractivity contribution >= 4 is 15.7 Å². The molecule has 7 heteroatoms. The lowest BCUT2D eigenvalue weighted by molar-refractivity contribution is 0.198. The minimum atomic E-state index is -3.88. The van der Waals surface area contributed by atoms with Gasteiger partial charge >= 0.3 is 0 Å². The Bertz CT molecular complexity index is 474.